The SMILES string of the molecule is CCN(c1ccc(C)cc1)S(=O)(=O)c1cccc(CCl)c1. The molecular formula is C16H18ClNO2S. The number of hydrogen-bond acceptors (Lipinski definition) is 2. The lowest BCUT2D eigenvalue weighted by atomic mass is 10.2. The highest BCUT2D eigenvalue weighted by molar-refractivity contribution is 7.92. The maximum Gasteiger partial charge on any atom is 0.264 e. The lowest BCUT2D eigenvalue weighted by molar-refractivity contribution is 0.592. The standard InChI is InChI=1S/C16H18ClNO2S/c1-3-18(15-9-7-13(2)8-10-15)21(19,20)16-6-4-5-14(11-16)12-17/h4-11H,3,12H2,1-2H3. The Kier molecular flexibility index (Phi) is 4.91. The molecule has 5 heteroatoms. The quantitative estimate of drug-likeness (QED) is 0.781. The number of hydrogen-bond donors (Lipinski definition) is 0. The Morgan fingerprint density at radius 2 is 1.76 bits per heavy atom. The first-order valence-electron chi connectivity index (χ1n) is 6.73. The fraction of sp³-hybridized carbons (Fsp3) is 0.250. The first-order chi connectivity index (χ1) is 9.98. The van der Waals surface area contributed by atoms with Crippen molar-refractivity contribution in [3.05, 3.63) is 59.7 Å². The minimum Gasteiger partial charge on any atom is -0.267 e. The second-order valence-electron chi connectivity index (χ2n) is 4.79. The number of alkyl halides is 1. The molecule has 0 heterocycles. The Morgan fingerprint density at radius 1 is 1.10 bits per heavy atom. The van der Waals surface area contributed by atoms with Crippen molar-refractivity contribution in [2.75, 3.05) is 10.8 Å². The maximum atomic E-state index is 12.8. The van der Waals surface area contributed by atoms with Crippen molar-refractivity contribution in [1.82, 2.24) is 0 Å². The molecule has 21 heavy (non-hydrogen) atoms. The van der Waals surface area contributed by atoms with Crippen LogP contribution in [-0.2, 0) is 15.9 Å². The Hall–Kier alpha value is -1.52. The highest BCUT2D eigenvalue weighted by atomic mass is 35.5. The summed E-state index contributed by atoms with van der Waals surface area (Å²) in [6, 6.07) is 14.2. The van der Waals surface area contributed by atoms with E-state index in [1.807, 2.05) is 44.2 Å². The van der Waals surface area contributed by atoms with Gasteiger partial charge < -0.3 is 0 Å². The van der Waals surface area contributed by atoms with E-state index in [-0.39, 0.29) is 4.90 Å². The van der Waals surface area contributed by atoms with Crippen LogP contribution in [-0.4, -0.2) is 15.0 Å². The van der Waals surface area contributed by atoms with Crippen molar-refractivity contribution in [1.29, 1.82) is 0 Å². The normalized spacial score (nSPS) is 11.4. The molecule has 0 saturated carbocycles. The smallest absolute Gasteiger partial charge is 0.264 e. The zero-order chi connectivity index (χ0) is 15.5. The van der Waals surface area contributed by atoms with Crippen molar-refractivity contribution in [2.45, 2.75) is 24.6 Å². The van der Waals surface area contributed by atoms with E-state index >= 15 is 0 Å². The molecule has 0 saturated heterocycles. The van der Waals surface area contributed by atoms with Crippen LogP contribution in [0.1, 0.15) is 18.1 Å². The Morgan fingerprint density at radius 3 is 2.33 bits per heavy atom. The van der Waals surface area contributed by atoms with Crippen molar-refractivity contribution < 1.29 is 8.42 Å². The van der Waals surface area contributed by atoms with Gasteiger partial charge in [-0.25, -0.2) is 8.42 Å². The molecule has 2 aromatic rings. The molecule has 0 atom stereocenters. The number of sulfonamides is 1. The van der Waals surface area contributed by atoms with Gasteiger partial charge in [0.25, 0.3) is 10.0 Å². The Balaban J connectivity index is 2.46. The summed E-state index contributed by atoms with van der Waals surface area (Å²) in [6.07, 6.45) is 0. The van der Waals surface area contributed by atoms with E-state index < -0.39 is 10.0 Å². The van der Waals surface area contributed by atoms with Crippen molar-refractivity contribution in [3.63, 3.8) is 0 Å². The number of halogens is 1. The molecule has 112 valence electrons. The summed E-state index contributed by atoms with van der Waals surface area (Å²) >= 11 is 5.79. The summed E-state index contributed by atoms with van der Waals surface area (Å²) in [4.78, 5) is 0.267. The van der Waals surface area contributed by atoms with Gasteiger partial charge in [-0.2, -0.15) is 0 Å². The molecule has 2 rings (SSSR count). The summed E-state index contributed by atoms with van der Waals surface area (Å²) in [5, 5.41) is 0. The molecule has 0 unspecified atom stereocenters. The van der Waals surface area contributed by atoms with Gasteiger partial charge in [0.1, 0.15) is 0 Å². The molecule has 0 fully saturated rings. The topological polar surface area (TPSA) is 37.4 Å². The van der Waals surface area contributed by atoms with Gasteiger partial charge in [0.2, 0.25) is 0 Å². The number of aryl methyl sites for hydroxylation is 1. The summed E-state index contributed by atoms with van der Waals surface area (Å²) in [5.74, 6) is 0.292. The molecule has 0 aliphatic rings. The average molecular weight is 324 g/mol. The van der Waals surface area contributed by atoms with E-state index in [0.717, 1.165) is 11.1 Å². The van der Waals surface area contributed by atoms with Gasteiger partial charge in [0.15, 0.2) is 0 Å². The molecule has 0 N–H and O–H groups in total. The van der Waals surface area contributed by atoms with E-state index in [2.05, 4.69) is 0 Å². The van der Waals surface area contributed by atoms with Gasteiger partial charge >= 0.3 is 0 Å². The predicted molar refractivity (Wildman–Crippen MR) is 87.4 cm³/mol. The van der Waals surface area contributed by atoms with Crippen LogP contribution in [0.15, 0.2) is 53.4 Å². The van der Waals surface area contributed by atoms with E-state index in [9.17, 15) is 8.42 Å². The summed E-state index contributed by atoms with van der Waals surface area (Å²) < 4.78 is 27.0. The van der Waals surface area contributed by atoms with Gasteiger partial charge in [-0.05, 0) is 43.7 Å². The maximum absolute atomic E-state index is 12.8. The molecule has 0 radical (unpaired) electrons. The van der Waals surface area contributed by atoms with Crippen molar-refractivity contribution in [2.24, 2.45) is 0 Å². The van der Waals surface area contributed by atoms with E-state index in [1.165, 1.54) is 4.31 Å². The zero-order valence-corrected chi connectivity index (χ0v) is 13.7. The number of nitrogens with zero attached hydrogens (tertiary/aromatic N) is 1. The third-order valence-electron chi connectivity index (χ3n) is 3.25. The third kappa shape index (κ3) is 3.39. The molecule has 0 aliphatic carbocycles. The lowest BCUT2D eigenvalue weighted by Crippen LogP contribution is -2.30. The van der Waals surface area contributed by atoms with Crippen LogP contribution in [0.25, 0.3) is 0 Å². The fourth-order valence-electron chi connectivity index (χ4n) is 2.12. The minimum absolute atomic E-state index is 0.267. The number of benzene rings is 2. The largest absolute Gasteiger partial charge is 0.267 e. The summed E-state index contributed by atoms with van der Waals surface area (Å²) in [7, 11) is -3.57. The van der Waals surface area contributed by atoms with E-state index in [1.54, 1.807) is 18.2 Å². The second-order valence-corrected chi connectivity index (χ2v) is 6.92. The monoisotopic (exact) mass is 323 g/mol. The summed E-state index contributed by atoms with van der Waals surface area (Å²) in [5.41, 5.74) is 2.55. The van der Waals surface area contributed by atoms with Crippen molar-refractivity contribution >= 4 is 27.3 Å². The molecule has 0 bridgehead atoms. The molecule has 0 aromatic heterocycles. The van der Waals surface area contributed by atoms with Gasteiger partial charge in [0, 0.05) is 12.4 Å². The summed E-state index contributed by atoms with van der Waals surface area (Å²) in [6.45, 7) is 4.16. The van der Waals surface area contributed by atoms with E-state index in [4.69, 9.17) is 11.6 Å². The van der Waals surface area contributed by atoms with Gasteiger partial charge in [-0.1, -0.05) is 29.8 Å². The molecule has 0 aliphatic heterocycles. The highest BCUT2D eigenvalue weighted by Crippen LogP contribution is 2.24. The van der Waals surface area contributed by atoms with Gasteiger partial charge in [-0.3, -0.25) is 4.31 Å². The van der Waals surface area contributed by atoms with E-state index in [0.29, 0.717) is 18.1 Å². The highest BCUT2D eigenvalue weighted by Gasteiger charge is 2.23. The van der Waals surface area contributed by atoms with Crippen LogP contribution in [0.2, 0.25) is 0 Å². The number of rotatable bonds is 5. The van der Waals surface area contributed by atoms with Crippen LogP contribution >= 0.6 is 11.6 Å². The molecule has 0 spiro atoms. The van der Waals surface area contributed by atoms with Crippen LogP contribution < -0.4 is 4.31 Å². The first kappa shape index (κ1) is 15.9. The molecule has 2 aromatic carbocycles. The number of anilines is 1. The first-order valence-corrected chi connectivity index (χ1v) is 8.71. The van der Waals surface area contributed by atoms with Gasteiger partial charge in [-0.15, -0.1) is 11.6 Å². The van der Waals surface area contributed by atoms with Crippen molar-refractivity contribution in [3.8, 4) is 0 Å². The van der Waals surface area contributed by atoms with Crippen LogP contribution in [0, 0.1) is 6.92 Å². The lowest BCUT2D eigenvalue weighted by Gasteiger charge is -2.23. The minimum atomic E-state index is -3.57. The fourth-order valence-corrected chi connectivity index (χ4v) is 3.83. The zero-order valence-electron chi connectivity index (χ0n) is 12.1. The van der Waals surface area contributed by atoms with Gasteiger partial charge in [0.05, 0.1) is 10.6 Å². The second kappa shape index (κ2) is 6.50. The predicted octanol–water partition coefficient (Wildman–Crippen LogP) is 3.95. The molecule has 3 nitrogen and oxygen atoms in total. The molecular weight excluding hydrogens is 306 g/mol. The Labute approximate surface area is 131 Å². The molecule has 0 amide bonds. The van der Waals surface area contributed by atoms with Crippen LogP contribution in [0.3, 0.4) is 0 Å². The average Bonchev–Trinajstić information content (AvgIpc) is 2.50. The van der Waals surface area contributed by atoms with Crippen LogP contribution in [0.5, 0.6) is 0 Å². The Bertz CT molecular complexity index is 711. The third-order valence-corrected chi connectivity index (χ3v) is 5.46. The van der Waals surface area contributed by atoms with Crippen LogP contribution in [0.4, 0.5) is 5.69 Å².